The van der Waals surface area contributed by atoms with E-state index in [1.807, 2.05) is 0 Å². The molecule has 2 aromatic carbocycles. The Morgan fingerprint density at radius 2 is 0.930 bits per heavy atom. The van der Waals surface area contributed by atoms with E-state index in [-0.39, 0.29) is 16.5 Å². The fraction of sp³-hybridized carbons (Fsp3) is 0.550. The molecule has 0 aliphatic carbocycles. The molecule has 3 heteroatoms. The molecule has 0 bridgehead atoms. The number of unbranched alkanes of at least 4 members (excludes halogenated alkanes) is 9. The summed E-state index contributed by atoms with van der Waals surface area (Å²) in [5.74, 6) is 0. The summed E-state index contributed by atoms with van der Waals surface area (Å²) in [5.41, 5.74) is 7.23. The standard InChI is InChI=1S/C40H60N2.Ni/c1-5-9-12-14-16-18-20-22-28-35-30-24-26-33-38(35)41-37(8-4)40(32-11-7-3)42-39-34-27-25-31-36(39)29-23-21-19-17-15-13-10-6-2;/h16-19,24-27,30-31,33-34H,5-15,20-23,28-29,32H2,1-4H3;/b18-16+,19-17+,41-37?,42-40?;. The molecule has 0 atom stereocenters. The van der Waals surface area contributed by atoms with Gasteiger partial charge in [-0.2, -0.15) is 0 Å². The minimum Gasteiger partial charge on any atom is -0.251 e. The Morgan fingerprint density at radius 3 is 1.37 bits per heavy atom. The molecule has 240 valence electrons. The number of para-hydroxylation sites is 2. The van der Waals surface area contributed by atoms with Crippen molar-refractivity contribution in [3.05, 3.63) is 84.0 Å². The molecule has 0 amide bonds. The van der Waals surface area contributed by atoms with E-state index >= 15 is 0 Å². The summed E-state index contributed by atoms with van der Waals surface area (Å²) in [6, 6.07) is 17.5. The third kappa shape index (κ3) is 17.0. The summed E-state index contributed by atoms with van der Waals surface area (Å²) < 4.78 is 0. The Morgan fingerprint density at radius 1 is 0.512 bits per heavy atom. The quantitative estimate of drug-likeness (QED) is 0.0507. The van der Waals surface area contributed by atoms with E-state index in [0.29, 0.717) is 0 Å². The summed E-state index contributed by atoms with van der Waals surface area (Å²) in [6.07, 6.45) is 30.7. The zero-order valence-corrected chi connectivity index (χ0v) is 28.9. The largest absolute Gasteiger partial charge is 0.251 e. The van der Waals surface area contributed by atoms with E-state index in [9.17, 15) is 0 Å². The van der Waals surface area contributed by atoms with Crippen LogP contribution in [0.15, 0.2) is 82.8 Å². The van der Waals surface area contributed by atoms with Crippen LogP contribution in [0.25, 0.3) is 0 Å². The molecule has 0 heterocycles. The molecule has 0 aliphatic rings. The van der Waals surface area contributed by atoms with Crippen LogP contribution in [0.3, 0.4) is 0 Å². The van der Waals surface area contributed by atoms with Crippen LogP contribution in [0.2, 0.25) is 0 Å². The van der Waals surface area contributed by atoms with Crippen LogP contribution in [-0.2, 0) is 29.3 Å². The zero-order chi connectivity index (χ0) is 30.1. The van der Waals surface area contributed by atoms with Gasteiger partial charge in [0, 0.05) is 16.5 Å². The van der Waals surface area contributed by atoms with E-state index < -0.39 is 0 Å². The first-order valence-electron chi connectivity index (χ1n) is 17.3. The number of rotatable bonds is 23. The predicted octanol–water partition coefficient (Wildman–Crippen LogP) is 13.0. The molecule has 0 aromatic heterocycles. The molecule has 0 unspecified atom stereocenters. The second-order valence-electron chi connectivity index (χ2n) is 11.6. The molecule has 43 heavy (non-hydrogen) atoms. The van der Waals surface area contributed by atoms with Crippen LogP contribution in [0.5, 0.6) is 0 Å². The van der Waals surface area contributed by atoms with Crippen molar-refractivity contribution in [2.75, 3.05) is 0 Å². The zero-order valence-electron chi connectivity index (χ0n) is 27.9. The first-order valence-corrected chi connectivity index (χ1v) is 17.3. The van der Waals surface area contributed by atoms with Gasteiger partial charge in [-0.1, -0.05) is 121 Å². The van der Waals surface area contributed by atoms with Crippen LogP contribution in [-0.4, -0.2) is 11.4 Å². The van der Waals surface area contributed by atoms with Crippen molar-refractivity contribution < 1.29 is 16.5 Å². The molecule has 0 fully saturated rings. The molecule has 0 saturated heterocycles. The molecular formula is C40H60N2Ni. The van der Waals surface area contributed by atoms with Gasteiger partial charge in [0.15, 0.2) is 0 Å². The van der Waals surface area contributed by atoms with E-state index in [2.05, 4.69) is 101 Å². The van der Waals surface area contributed by atoms with Gasteiger partial charge in [0.05, 0.1) is 22.8 Å². The van der Waals surface area contributed by atoms with Gasteiger partial charge in [-0.15, -0.1) is 0 Å². The summed E-state index contributed by atoms with van der Waals surface area (Å²) >= 11 is 0. The second kappa shape index (κ2) is 26.2. The van der Waals surface area contributed by atoms with Gasteiger partial charge in [0.1, 0.15) is 0 Å². The SMILES string of the molecule is CCCCC/C=C/CCCc1ccccc1N=C(CC)C(CCCC)=Nc1ccccc1CCC/C=C/CCCCC.[Ni]. The summed E-state index contributed by atoms with van der Waals surface area (Å²) in [7, 11) is 0. The van der Waals surface area contributed by atoms with Crippen molar-refractivity contribution in [2.45, 2.75) is 143 Å². The minimum atomic E-state index is 0. The summed E-state index contributed by atoms with van der Waals surface area (Å²) in [6.45, 7) is 9.02. The van der Waals surface area contributed by atoms with E-state index in [1.54, 1.807) is 0 Å². The first kappa shape index (κ1) is 38.8. The molecule has 0 radical (unpaired) electrons. The Hall–Kier alpha value is -2.25. The molecule has 2 aromatic rings. The normalized spacial score (nSPS) is 12.4. The van der Waals surface area contributed by atoms with Crippen LogP contribution in [0.4, 0.5) is 11.4 Å². The fourth-order valence-corrected chi connectivity index (χ4v) is 5.23. The maximum absolute atomic E-state index is 5.32. The monoisotopic (exact) mass is 626 g/mol. The maximum Gasteiger partial charge on any atom is 0.0665 e. The number of hydrogen-bond donors (Lipinski definition) is 0. The molecular weight excluding hydrogens is 567 g/mol. The van der Waals surface area contributed by atoms with Crippen molar-refractivity contribution in [3.63, 3.8) is 0 Å². The third-order valence-corrected chi connectivity index (χ3v) is 7.85. The van der Waals surface area contributed by atoms with Gasteiger partial charge < -0.3 is 0 Å². The topological polar surface area (TPSA) is 24.7 Å². The Kier molecular flexibility index (Phi) is 23.6. The molecule has 2 rings (SSSR count). The Labute approximate surface area is 275 Å². The van der Waals surface area contributed by atoms with Crippen molar-refractivity contribution in [3.8, 4) is 0 Å². The van der Waals surface area contributed by atoms with Crippen molar-refractivity contribution in [1.82, 2.24) is 0 Å². The molecule has 0 aliphatic heterocycles. The number of nitrogens with zero attached hydrogens (tertiary/aromatic N) is 2. The second-order valence-corrected chi connectivity index (χ2v) is 11.6. The molecule has 0 saturated carbocycles. The van der Waals surface area contributed by atoms with Crippen molar-refractivity contribution >= 4 is 22.8 Å². The van der Waals surface area contributed by atoms with Gasteiger partial charge in [0.25, 0.3) is 0 Å². The van der Waals surface area contributed by atoms with Crippen LogP contribution in [0.1, 0.15) is 142 Å². The van der Waals surface area contributed by atoms with Gasteiger partial charge in [-0.25, -0.2) is 0 Å². The minimum absolute atomic E-state index is 0. The third-order valence-electron chi connectivity index (χ3n) is 7.85. The van der Waals surface area contributed by atoms with E-state index in [0.717, 1.165) is 87.0 Å². The first-order chi connectivity index (χ1) is 20.7. The van der Waals surface area contributed by atoms with E-state index in [4.69, 9.17) is 9.98 Å². The van der Waals surface area contributed by atoms with Gasteiger partial charge in [-0.3, -0.25) is 9.98 Å². The number of aryl methyl sites for hydroxylation is 2. The Balaban J connectivity index is 0.00000924. The molecule has 0 N–H and O–H groups in total. The molecule has 2 nitrogen and oxygen atoms in total. The van der Waals surface area contributed by atoms with Crippen LogP contribution < -0.4 is 0 Å². The summed E-state index contributed by atoms with van der Waals surface area (Å²) in [5, 5.41) is 0. The van der Waals surface area contributed by atoms with Gasteiger partial charge in [-0.05, 0) is 107 Å². The van der Waals surface area contributed by atoms with Crippen molar-refractivity contribution in [2.24, 2.45) is 9.98 Å². The average Bonchev–Trinajstić information content (AvgIpc) is 3.02. The number of hydrogen-bond acceptors (Lipinski definition) is 2. The average molecular weight is 628 g/mol. The van der Waals surface area contributed by atoms with Crippen LogP contribution in [0, 0.1) is 0 Å². The van der Waals surface area contributed by atoms with Crippen molar-refractivity contribution in [1.29, 1.82) is 0 Å². The van der Waals surface area contributed by atoms with E-state index in [1.165, 1.54) is 62.5 Å². The smallest absolute Gasteiger partial charge is 0.0665 e. The number of aliphatic imine (C=N–C) groups is 2. The van der Waals surface area contributed by atoms with Crippen LogP contribution >= 0.6 is 0 Å². The molecule has 0 spiro atoms. The predicted molar refractivity (Wildman–Crippen MR) is 189 cm³/mol. The van der Waals surface area contributed by atoms with Gasteiger partial charge in [0.2, 0.25) is 0 Å². The Bertz CT molecular complexity index is 1100. The fourth-order valence-electron chi connectivity index (χ4n) is 5.23. The summed E-state index contributed by atoms with van der Waals surface area (Å²) in [4.78, 5) is 10.6. The number of allylic oxidation sites excluding steroid dienone is 4. The maximum atomic E-state index is 5.32. The van der Waals surface area contributed by atoms with Gasteiger partial charge >= 0.3 is 0 Å². The number of benzene rings is 2.